The molecule has 1 fully saturated rings. The van der Waals surface area contributed by atoms with Crippen molar-refractivity contribution in [2.75, 3.05) is 13.1 Å². The molecule has 96 valence electrons. The Morgan fingerprint density at radius 1 is 1.28 bits per heavy atom. The molecule has 2 N–H and O–H groups in total. The smallest absolute Gasteiger partial charge is 0.423 e. The minimum atomic E-state index is -1.60. The second-order valence-corrected chi connectivity index (χ2v) is 4.94. The Labute approximate surface area is 107 Å². The van der Waals surface area contributed by atoms with Crippen LogP contribution in [0, 0.1) is 5.92 Å². The minimum Gasteiger partial charge on any atom is -0.423 e. The van der Waals surface area contributed by atoms with Gasteiger partial charge in [-0.05, 0) is 30.3 Å². The van der Waals surface area contributed by atoms with E-state index in [0.717, 1.165) is 25.9 Å². The number of rotatable bonds is 2. The monoisotopic (exact) mass is 247 g/mol. The molecule has 2 rings (SSSR count). The lowest BCUT2D eigenvalue weighted by Gasteiger charge is -2.30. The highest BCUT2D eigenvalue weighted by atomic mass is 16.4. The molecule has 0 bridgehead atoms. The van der Waals surface area contributed by atoms with Gasteiger partial charge < -0.3 is 14.9 Å². The van der Waals surface area contributed by atoms with Gasteiger partial charge in [-0.15, -0.1) is 0 Å². The van der Waals surface area contributed by atoms with Crippen LogP contribution in [0.3, 0.4) is 0 Å². The van der Waals surface area contributed by atoms with Crippen LogP contribution in [0.1, 0.15) is 30.1 Å². The Morgan fingerprint density at radius 2 is 1.89 bits per heavy atom. The number of hydrogen-bond acceptors (Lipinski definition) is 3. The average Bonchev–Trinajstić information content (AvgIpc) is 2.39. The highest BCUT2D eigenvalue weighted by Gasteiger charge is 2.25. The fraction of sp³-hybridized carbons (Fsp3) is 0.462. The quantitative estimate of drug-likeness (QED) is 0.736. The van der Waals surface area contributed by atoms with Gasteiger partial charge in [-0.2, -0.15) is 0 Å². The number of piperidine rings is 1. The van der Waals surface area contributed by atoms with Gasteiger partial charge in [0, 0.05) is 18.7 Å². The van der Waals surface area contributed by atoms with Gasteiger partial charge in [-0.1, -0.05) is 25.1 Å². The largest absolute Gasteiger partial charge is 0.489 e. The predicted octanol–water partition coefficient (Wildman–Crippen LogP) is 0.238. The maximum Gasteiger partial charge on any atom is 0.489 e. The fourth-order valence-electron chi connectivity index (χ4n) is 2.30. The van der Waals surface area contributed by atoms with Crippen LogP contribution >= 0.6 is 0 Å². The average molecular weight is 247 g/mol. The summed E-state index contributed by atoms with van der Waals surface area (Å²) < 4.78 is 0. The van der Waals surface area contributed by atoms with Gasteiger partial charge in [0.1, 0.15) is 0 Å². The molecule has 1 saturated heterocycles. The lowest BCUT2D eigenvalue weighted by atomic mass is 9.76. The molecular weight excluding hydrogens is 229 g/mol. The summed E-state index contributed by atoms with van der Waals surface area (Å²) in [5.74, 6) is 0.554. The molecule has 5 heteroatoms. The van der Waals surface area contributed by atoms with Crippen molar-refractivity contribution in [3.8, 4) is 0 Å². The first-order chi connectivity index (χ1) is 8.59. The molecule has 4 nitrogen and oxygen atoms in total. The van der Waals surface area contributed by atoms with Gasteiger partial charge in [-0.25, -0.2) is 0 Å². The van der Waals surface area contributed by atoms with Crippen molar-refractivity contribution >= 4 is 18.5 Å². The number of benzene rings is 1. The van der Waals surface area contributed by atoms with E-state index in [1.807, 2.05) is 0 Å². The number of likely N-dealkylation sites (tertiary alicyclic amines) is 1. The number of nitrogens with zero attached hydrogens (tertiary/aromatic N) is 1. The van der Waals surface area contributed by atoms with E-state index in [1.54, 1.807) is 29.2 Å². The molecule has 1 aromatic rings. The van der Waals surface area contributed by atoms with Crippen LogP contribution < -0.4 is 5.46 Å². The van der Waals surface area contributed by atoms with E-state index in [2.05, 4.69) is 6.92 Å². The van der Waals surface area contributed by atoms with Crippen molar-refractivity contribution in [1.82, 2.24) is 4.90 Å². The van der Waals surface area contributed by atoms with Gasteiger partial charge in [0.2, 0.25) is 0 Å². The molecule has 0 saturated carbocycles. The number of carbonyl (C=O) groups is 1. The van der Waals surface area contributed by atoms with Gasteiger partial charge in [0.25, 0.3) is 5.91 Å². The minimum absolute atomic E-state index is 0.106. The highest BCUT2D eigenvalue weighted by Crippen LogP contribution is 2.17. The van der Waals surface area contributed by atoms with Crippen molar-refractivity contribution in [1.29, 1.82) is 0 Å². The number of amides is 1. The van der Waals surface area contributed by atoms with Gasteiger partial charge in [0.15, 0.2) is 0 Å². The molecular formula is C13H18BNO3. The first-order valence-corrected chi connectivity index (χ1v) is 6.34. The molecule has 1 aliphatic rings. The van der Waals surface area contributed by atoms with Crippen molar-refractivity contribution in [2.45, 2.75) is 19.8 Å². The van der Waals surface area contributed by atoms with Crippen molar-refractivity contribution in [2.24, 2.45) is 5.92 Å². The SMILES string of the molecule is CC1CCN(C(=O)c2ccccc2B(O)O)CC1. The van der Waals surface area contributed by atoms with Crippen molar-refractivity contribution in [3.05, 3.63) is 29.8 Å². The second kappa shape index (κ2) is 5.54. The zero-order chi connectivity index (χ0) is 13.1. The van der Waals surface area contributed by atoms with Crippen LogP contribution in [0.4, 0.5) is 0 Å². The summed E-state index contributed by atoms with van der Waals surface area (Å²) in [5, 5.41) is 18.6. The van der Waals surface area contributed by atoms with Crippen LogP contribution in [0.25, 0.3) is 0 Å². The Hall–Kier alpha value is -1.33. The van der Waals surface area contributed by atoms with E-state index in [0.29, 0.717) is 11.5 Å². The van der Waals surface area contributed by atoms with E-state index in [-0.39, 0.29) is 11.4 Å². The third-order valence-electron chi connectivity index (χ3n) is 3.54. The van der Waals surface area contributed by atoms with Crippen LogP contribution in [0.5, 0.6) is 0 Å². The Bertz CT molecular complexity index is 428. The van der Waals surface area contributed by atoms with Gasteiger partial charge in [-0.3, -0.25) is 4.79 Å². The lowest BCUT2D eigenvalue weighted by molar-refractivity contribution is 0.0698. The van der Waals surface area contributed by atoms with E-state index in [1.165, 1.54) is 0 Å². The summed E-state index contributed by atoms with van der Waals surface area (Å²) >= 11 is 0. The van der Waals surface area contributed by atoms with Crippen molar-refractivity contribution in [3.63, 3.8) is 0 Å². The summed E-state index contributed by atoms with van der Waals surface area (Å²) in [7, 11) is -1.60. The standard InChI is InChI=1S/C13H18BNO3/c1-10-6-8-15(9-7-10)13(16)11-4-2-3-5-12(11)14(17)18/h2-5,10,17-18H,6-9H2,1H3. The summed E-state index contributed by atoms with van der Waals surface area (Å²) in [6, 6.07) is 6.66. The van der Waals surface area contributed by atoms with Crippen LogP contribution in [-0.4, -0.2) is 41.1 Å². The third-order valence-corrected chi connectivity index (χ3v) is 3.54. The topological polar surface area (TPSA) is 60.8 Å². The maximum atomic E-state index is 12.3. The molecule has 0 atom stereocenters. The number of hydrogen-bond donors (Lipinski definition) is 2. The molecule has 1 aromatic carbocycles. The van der Waals surface area contributed by atoms with Crippen molar-refractivity contribution < 1.29 is 14.8 Å². The fourth-order valence-corrected chi connectivity index (χ4v) is 2.30. The maximum absolute atomic E-state index is 12.3. The first-order valence-electron chi connectivity index (χ1n) is 6.34. The first kappa shape index (κ1) is 13.1. The van der Waals surface area contributed by atoms with E-state index in [9.17, 15) is 14.8 Å². The zero-order valence-electron chi connectivity index (χ0n) is 10.5. The summed E-state index contributed by atoms with van der Waals surface area (Å²) in [5.41, 5.74) is 0.670. The van der Waals surface area contributed by atoms with Gasteiger partial charge >= 0.3 is 7.12 Å². The molecule has 0 spiro atoms. The Morgan fingerprint density at radius 3 is 2.50 bits per heavy atom. The lowest BCUT2D eigenvalue weighted by Crippen LogP contribution is -2.43. The van der Waals surface area contributed by atoms with Crippen LogP contribution in [0.2, 0.25) is 0 Å². The molecule has 0 unspecified atom stereocenters. The number of carbonyl (C=O) groups excluding carboxylic acids is 1. The Balaban J connectivity index is 2.18. The van der Waals surface area contributed by atoms with E-state index in [4.69, 9.17) is 0 Å². The van der Waals surface area contributed by atoms with E-state index >= 15 is 0 Å². The molecule has 1 aliphatic heterocycles. The molecule has 0 radical (unpaired) electrons. The molecule has 0 aromatic heterocycles. The highest BCUT2D eigenvalue weighted by molar-refractivity contribution is 6.60. The van der Waals surface area contributed by atoms with Crippen LogP contribution in [0.15, 0.2) is 24.3 Å². The summed E-state index contributed by atoms with van der Waals surface area (Å²) in [6.07, 6.45) is 2.02. The molecule has 0 aliphatic carbocycles. The summed E-state index contributed by atoms with van der Waals surface area (Å²) in [6.45, 7) is 3.68. The van der Waals surface area contributed by atoms with E-state index < -0.39 is 7.12 Å². The molecule has 18 heavy (non-hydrogen) atoms. The zero-order valence-corrected chi connectivity index (χ0v) is 10.5. The molecule has 1 amide bonds. The second-order valence-electron chi connectivity index (χ2n) is 4.94. The summed E-state index contributed by atoms with van der Waals surface area (Å²) in [4.78, 5) is 14.1. The molecule has 1 heterocycles. The van der Waals surface area contributed by atoms with Gasteiger partial charge in [0.05, 0.1) is 0 Å². The third kappa shape index (κ3) is 2.74. The Kier molecular flexibility index (Phi) is 4.04. The van der Waals surface area contributed by atoms with Crippen LogP contribution in [-0.2, 0) is 0 Å². The normalized spacial score (nSPS) is 16.7. The predicted molar refractivity (Wildman–Crippen MR) is 70.6 cm³/mol.